The molecule has 1 fully saturated rings. The highest BCUT2D eigenvalue weighted by atomic mass is 79.9. The van der Waals surface area contributed by atoms with Crippen molar-refractivity contribution in [3.63, 3.8) is 0 Å². The minimum absolute atomic E-state index is 0.514. The van der Waals surface area contributed by atoms with E-state index in [1.807, 2.05) is 10.6 Å². The van der Waals surface area contributed by atoms with Gasteiger partial charge in [-0.15, -0.1) is 0 Å². The molecule has 0 spiro atoms. The largest absolute Gasteiger partial charge is 0.381 e. The summed E-state index contributed by atoms with van der Waals surface area (Å²) in [5, 5.41) is 0. The van der Waals surface area contributed by atoms with Crippen molar-refractivity contribution in [2.75, 3.05) is 18.9 Å². The van der Waals surface area contributed by atoms with Crippen molar-refractivity contribution < 1.29 is 4.74 Å². The standard InChI is InChI=1S/C11H13BrN4O/c12-8-3-9-10(14-4-8)16(11(13)15-9)5-7-1-2-17-6-7/h3-4,7H,1-2,5-6H2,(H2,13,15). The molecule has 0 saturated carbocycles. The summed E-state index contributed by atoms with van der Waals surface area (Å²) in [6.45, 7) is 2.47. The third kappa shape index (κ3) is 2.02. The topological polar surface area (TPSA) is 66.0 Å². The average Bonchev–Trinajstić information content (AvgIpc) is 2.88. The highest BCUT2D eigenvalue weighted by Gasteiger charge is 2.19. The molecule has 2 aromatic heterocycles. The van der Waals surface area contributed by atoms with Gasteiger partial charge < -0.3 is 10.5 Å². The summed E-state index contributed by atoms with van der Waals surface area (Å²) in [5.41, 5.74) is 7.61. The second-order valence-electron chi connectivity index (χ2n) is 4.31. The first-order chi connectivity index (χ1) is 8.24. The number of nitrogens with two attached hydrogens (primary N) is 1. The van der Waals surface area contributed by atoms with Crippen molar-refractivity contribution >= 4 is 33.0 Å². The summed E-state index contributed by atoms with van der Waals surface area (Å²) in [6.07, 6.45) is 2.85. The number of fused-ring (bicyclic) bond motifs is 1. The van der Waals surface area contributed by atoms with Crippen molar-refractivity contribution in [3.8, 4) is 0 Å². The van der Waals surface area contributed by atoms with Gasteiger partial charge in [0.2, 0.25) is 5.95 Å². The number of ether oxygens (including phenoxy) is 1. The van der Waals surface area contributed by atoms with Gasteiger partial charge in [0.1, 0.15) is 5.52 Å². The number of rotatable bonds is 2. The molecule has 1 aliphatic rings. The summed E-state index contributed by atoms with van der Waals surface area (Å²) in [6, 6.07) is 1.93. The molecule has 0 aromatic carbocycles. The van der Waals surface area contributed by atoms with Crippen LogP contribution < -0.4 is 5.73 Å². The Morgan fingerprint density at radius 3 is 3.24 bits per heavy atom. The van der Waals surface area contributed by atoms with Crippen LogP contribution in [0.3, 0.4) is 0 Å². The van der Waals surface area contributed by atoms with Gasteiger partial charge in [-0.25, -0.2) is 9.97 Å². The van der Waals surface area contributed by atoms with Crippen LogP contribution >= 0.6 is 15.9 Å². The van der Waals surface area contributed by atoms with E-state index in [0.717, 1.165) is 41.8 Å². The van der Waals surface area contributed by atoms with Crippen molar-refractivity contribution in [1.29, 1.82) is 0 Å². The Morgan fingerprint density at radius 2 is 2.47 bits per heavy atom. The molecular formula is C11H13BrN4O. The van der Waals surface area contributed by atoms with E-state index in [0.29, 0.717) is 11.9 Å². The molecule has 5 nitrogen and oxygen atoms in total. The molecule has 0 aliphatic carbocycles. The van der Waals surface area contributed by atoms with E-state index in [9.17, 15) is 0 Å². The molecule has 1 aliphatic heterocycles. The number of aromatic nitrogens is 3. The third-order valence-corrected chi connectivity index (χ3v) is 3.48. The number of hydrogen-bond acceptors (Lipinski definition) is 4. The predicted molar refractivity (Wildman–Crippen MR) is 68.6 cm³/mol. The van der Waals surface area contributed by atoms with Crippen LogP contribution in [0.4, 0.5) is 5.95 Å². The molecule has 0 amide bonds. The van der Waals surface area contributed by atoms with Crippen molar-refractivity contribution in [2.24, 2.45) is 5.92 Å². The minimum Gasteiger partial charge on any atom is -0.381 e. The van der Waals surface area contributed by atoms with E-state index in [-0.39, 0.29) is 0 Å². The first-order valence-electron chi connectivity index (χ1n) is 5.59. The number of halogens is 1. The van der Waals surface area contributed by atoms with Crippen LogP contribution in [0.2, 0.25) is 0 Å². The number of hydrogen-bond donors (Lipinski definition) is 1. The van der Waals surface area contributed by atoms with Crippen LogP contribution in [0.15, 0.2) is 16.7 Å². The molecule has 2 N–H and O–H groups in total. The van der Waals surface area contributed by atoms with Crippen LogP contribution in [0.5, 0.6) is 0 Å². The molecule has 1 atom stereocenters. The fraction of sp³-hybridized carbons (Fsp3) is 0.455. The van der Waals surface area contributed by atoms with Gasteiger partial charge in [-0.3, -0.25) is 4.57 Å². The van der Waals surface area contributed by atoms with Crippen LogP contribution in [0, 0.1) is 5.92 Å². The Labute approximate surface area is 107 Å². The summed E-state index contributed by atoms with van der Waals surface area (Å²) in [4.78, 5) is 8.70. The fourth-order valence-corrected chi connectivity index (χ4v) is 2.49. The average molecular weight is 297 g/mol. The summed E-state index contributed by atoms with van der Waals surface area (Å²) >= 11 is 3.38. The number of pyridine rings is 1. The van der Waals surface area contributed by atoms with Gasteiger partial charge in [0.25, 0.3) is 0 Å². The van der Waals surface area contributed by atoms with Crippen LogP contribution in [0.1, 0.15) is 6.42 Å². The summed E-state index contributed by atoms with van der Waals surface area (Å²) < 4.78 is 8.26. The number of nitrogen functional groups attached to an aromatic ring is 1. The quantitative estimate of drug-likeness (QED) is 0.918. The van der Waals surface area contributed by atoms with Crippen LogP contribution in [-0.2, 0) is 11.3 Å². The third-order valence-electron chi connectivity index (χ3n) is 3.05. The smallest absolute Gasteiger partial charge is 0.202 e. The number of imidazole rings is 1. The Kier molecular flexibility index (Phi) is 2.76. The minimum atomic E-state index is 0.514. The molecule has 90 valence electrons. The highest BCUT2D eigenvalue weighted by Crippen LogP contribution is 2.23. The van der Waals surface area contributed by atoms with E-state index in [4.69, 9.17) is 10.5 Å². The predicted octanol–water partition coefficient (Wildman–Crippen LogP) is 1.81. The van der Waals surface area contributed by atoms with Crippen molar-refractivity contribution in [2.45, 2.75) is 13.0 Å². The number of nitrogens with zero attached hydrogens (tertiary/aromatic N) is 3. The second-order valence-corrected chi connectivity index (χ2v) is 5.22. The van der Waals surface area contributed by atoms with Crippen molar-refractivity contribution in [1.82, 2.24) is 14.5 Å². The SMILES string of the molecule is Nc1nc2cc(Br)cnc2n1CC1CCOC1. The molecule has 0 radical (unpaired) electrons. The zero-order valence-electron chi connectivity index (χ0n) is 9.27. The first-order valence-corrected chi connectivity index (χ1v) is 6.38. The molecule has 1 unspecified atom stereocenters. The van der Waals surface area contributed by atoms with E-state index in [1.165, 1.54) is 0 Å². The van der Waals surface area contributed by atoms with Crippen molar-refractivity contribution in [3.05, 3.63) is 16.7 Å². The Morgan fingerprint density at radius 1 is 1.59 bits per heavy atom. The van der Waals surface area contributed by atoms with Gasteiger partial charge >= 0.3 is 0 Å². The Hall–Kier alpha value is -1.14. The Balaban J connectivity index is 1.99. The highest BCUT2D eigenvalue weighted by molar-refractivity contribution is 9.10. The van der Waals surface area contributed by atoms with Gasteiger partial charge in [0.15, 0.2) is 5.65 Å². The maximum Gasteiger partial charge on any atom is 0.202 e. The molecule has 2 aromatic rings. The summed E-state index contributed by atoms with van der Waals surface area (Å²) in [5.74, 6) is 1.04. The lowest BCUT2D eigenvalue weighted by Crippen LogP contribution is -2.13. The van der Waals surface area contributed by atoms with Gasteiger partial charge in [-0.1, -0.05) is 0 Å². The molecule has 17 heavy (non-hydrogen) atoms. The molecule has 0 bridgehead atoms. The first kappa shape index (κ1) is 11.0. The van der Waals surface area contributed by atoms with E-state index in [1.54, 1.807) is 6.20 Å². The maximum absolute atomic E-state index is 5.94. The molecule has 1 saturated heterocycles. The lowest BCUT2D eigenvalue weighted by molar-refractivity contribution is 0.183. The molecular weight excluding hydrogens is 284 g/mol. The van der Waals surface area contributed by atoms with Crippen LogP contribution in [-0.4, -0.2) is 27.7 Å². The van der Waals surface area contributed by atoms with Gasteiger partial charge in [0, 0.05) is 29.7 Å². The molecule has 6 heteroatoms. The summed E-state index contributed by atoms with van der Waals surface area (Å²) in [7, 11) is 0. The maximum atomic E-state index is 5.94. The monoisotopic (exact) mass is 296 g/mol. The van der Waals surface area contributed by atoms with Gasteiger partial charge in [-0.05, 0) is 28.4 Å². The molecule has 3 heterocycles. The lowest BCUT2D eigenvalue weighted by Gasteiger charge is -2.10. The fourth-order valence-electron chi connectivity index (χ4n) is 2.17. The number of anilines is 1. The van der Waals surface area contributed by atoms with Crippen LogP contribution in [0.25, 0.3) is 11.2 Å². The van der Waals surface area contributed by atoms with E-state index < -0.39 is 0 Å². The van der Waals surface area contributed by atoms with E-state index >= 15 is 0 Å². The Bertz CT molecular complexity index is 548. The van der Waals surface area contributed by atoms with Gasteiger partial charge in [-0.2, -0.15) is 0 Å². The van der Waals surface area contributed by atoms with E-state index in [2.05, 4.69) is 25.9 Å². The lowest BCUT2D eigenvalue weighted by atomic mass is 10.1. The normalized spacial score (nSPS) is 20.2. The van der Waals surface area contributed by atoms with Gasteiger partial charge in [0.05, 0.1) is 6.61 Å². The zero-order valence-corrected chi connectivity index (χ0v) is 10.9. The second kappa shape index (κ2) is 4.27. The zero-order chi connectivity index (χ0) is 11.8. The molecule has 3 rings (SSSR count).